The molecule has 5 N–H and O–H groups in total. The number of carbonyl (C=O) groups is 3. The van der Waals surface area contributed by atoms with Crippen LogP contribution in [-0.4, -0.2) is 71.9 Å². The van der Waals surface area contributed by atoms with Crippen LogP contribution in [0.25, 0.3) is 11.0 Å². The summed E-state index contributed by atoms with van der Waals surface area (Å²) in [5.74, 6) is -0.398. The fraction of sp³-hybridized carbons (Fsp3) is 0.290. The van der Waals surface area contributed by atoms with Crippen LogP contribution in [0.15, 0.2) is 66.9 Å². The maximum Gasteiger partial charge on any atom is 0.267 e. The van der Waals surface area contributed by atoms with Crippen LogP contribution < -0.4 is 26.0 Å². The second-order valence-corrected chi connectivity index (χ2v) is 10.7. The van der Waals surface area contributed by atoms with Crippen molar-refractivity contribution >= 4 is 40.1 Å². The van der Waals surface area contributed by atoms with Crippen LogP contribution in [0, 0.1) is 11.2 Å². The molecule has 2 aliphatic rings. The number of hydrogen-bond acceptors (Lipinski definition) is 7. The number of pyridine rings is 1. The van der Waals surface area contributed by atoms with Gasteiger partial charge in [0, 0.05) is 56.8 Å². The zero-order chi connectivity index (χ0) is 29.8. The van der Waals surface area contributed by atoms with Gasteiger partial charge in [-0.3, -0.25) is 19.3 Å². The number of amides is 3. The molecule has 222 valence electrons. The van der Waals surface area contributed by atoms with Crippen LogP contribution in [-0.2, 0) is 9.59 Å². The molecule has 11 nitrogen and oxygen atoms in total. The van der Waals surface area contributed by atoms with Crippen LogP contribution in [0.3, 0.4) is 0 Å². The molecule has 12 heteroatoms. The van der Waals surface area contributed by atoms with E-state index in [9.17, 15) is 18.8 Å². The lowest BCUT2D eigenvalue weighted by Gasteiger charge is -2.26. The second kappa shape index (κ2) is 12.2. The molecule has 0 atom stereocenters. The minimum atomic E-state index is -1.16. The Kier molecular flexibility index (Phi) is 8.03. The Labute approximate surface area is 247 Å². The summed E-state index contributed by atoms with van der Waals surface area (Å²) in [5.41, 5.74) is 0.713. The molecule has 0 spiro atoms. The average molecular weight is 586 g/mol. The molecule has 2 aromatic carbocycles. The van der Waals surface area contributed by atoms with Crippen LogP contribution in [0.2, 0.25) is 0 Å². The number of piperazine rings is 1. The number of H-pyrrole nitrogens is 1. The molecule has 4 aromatic rings. The molecule has 1 aliphatic heterocycles. The standard InChI is InChI=1S/C31H32FN7O4/c32-20-1-3-21(4-2-20)36-29(41)31(10-11-31)30(42)37-22-5-7-23(8-6-22)43-26-9-12-34-27-24(26)19-25(38-27)28(40)35-15-18-39-16-13-33-14-17-39/h1-9,12,19,33H,10-11,13-18H2,(H,34,38)(H,35,40)(H,36,41)(H,37,42). The Bertz CT molecular complexity index is 1630. The Morgan fingerprint density at radius 1 is 0.930 bits per heavy atom. The van der Waals surface area contributed by atoms with Gasteiger partial charge in [0.25, 0.3) is 5.91 Å². The van der Waals surface area contributed by atoms with Crippen molar-refractivity contribution in [2.24, 2.45) is 5.41 Å². The first-order valence-electron chi connectivity index (χ1n) is 14.2. The average Bonchev–Trinajstić information content (AvgIpc) is 3.72. The number of halogens is 1. The second-order valence-electron chi connectivity index (χ2n) is 10.7. The molecule has 1 saturated carbocycles. The van der Waals surface area contributed by atoms with Crippen LogP contribution in [0.1, 0.15) is 23.3 Å². The Morgan fingerprint density at radius 2 is 1.58 bits per heavy atom. The zero-order valence-corrected chi connectivity index (χ0v) is 23.4. The fourth-order valence-electron chi connectivity index (χ4n) is 5.02. The topological polar surface area (TPSA) is 140 Å². The maximum atomic E-state index is 13.2. The third kappa shape index (κ3) is 6.50. The van der Waals surface area contributed by atoms with Gasteiger partial charge in [-0.1, -0.05) is 0 Å². The summed E-state index contributed by atoms with van der Waals surface area (Å²) in [6.45, 7) is 5.20. The van der Waals surface area contributed by atoms with Gasteiger partial charge >= 0.3 is 0 Å². The monoisotopic (exact) mass is 585 g/mol. The van der Waals surface area contributed by atoms with Crippen molar-refractivity contribution in [3.05, 3.63) is 78.4 Å². The Morgan fingerprint density at radius 3 is 2.23 bits per heavy atom. The minimum Gasteiger partial charge on any atom is -0.457 e. The van der Waals surface area contributed by atoms with E-state index < -0.39 is 23.0 Å². The van der Waals surface area contributed by atoms with E-state index >= 15 is 0 Å². The first kappa shape index (κ1) is 28.3. The van der Waals surface area contributed by atoms with E-state index in [0.29, 0.717) is 59.0 Å². The number of ether oxygens (including phenoxy) is 1. The number of nitrogens with zero attached hydrogens (tertiary/aromatic N) is 2. The van der Waals surface area contributed by atoms with Gasteiger partial charge in [-0.2, -0.15) is 0 Å². The van der Waals surface area contributed by atoms with Gasteiger partial charge in [-0.25, -0.2) is 9.37 Å². The predicted molar refractivity (Wildman–Crippen MR) is 160 cm³/mol. The first-order chi connectivity index (χ1) is 20.9. The molecule has 1 aliphatic carbocycles. The van der Waals surface area contributed by atoms with Gasteiger partial charge in [0.2, 0.25) is 11.8 Å². The normalized spacial score (nSPS) is 15.9. The fourth-order valence-corrected chi connectivity index (χ4v) is 5.02. The van der Waals surface area contributed by atoms with E-state index in [1.807, 2.05) is 0 Å². The lowest BCUT2D eigenvalue weighted by Crippen LogP contribution is -2.46. The summed E-state index contributed by atoms with van der Waals surface area (Å²) in [6, 6.07) is 15.6. The third-order valence-electron chi connectivity index (χ3n) is 7.72. The van der Waals surface area contributed by atoms with Crippen LogP contribution in [0.5, 0.6) is 11.5 Å². The molecule has 0 bridgehead atoms. The maximum absolute atomic E-state index is 13.2. The molecule has 0 radical (unpaired) electrons. The number of aromatic nitrogens is 2. The van der Waals surface area contributed by atoms with E-state index in [1.54, 1.807) is 42.6 Å². The van der Waals surface area contributed by atoms with E-state index in [0.717, 1.165) is 32.7 Å². The molecule has 3 heterocycles. The third-order valence-corrected chi connectivity index (χ3v) is 7.72. The van der Waals surface area contributed by atoms with Gasteiger partial charge in [0.05, 0.1) is 5.39 Å². The van der Waals surface area contributed by atoms with Gasteiger partial charge < -0.3 is 31.0 Å². The number of aromatic amines is 1. The quantitative estimate of drug-likeness (QED) is 0.180. The predicted octanol–water partition coefficient (Wildman–Crippen LogP) is 3.49. The highest BCUT2D eigenvalue weighted by Crippen LogP contribution is 2.47. The molecule has 2 fully saturated rings. The Hall–Kier alpha value is -4.81. The molecule has 2 aromatic heterocycles. The van der Waals surface area contributed by atoms with E-state index in [1.165, 1.54) is 24.3 Å². The van der Waals surface area contributed by atoms with Crippen LogP contribution >= 0.6 is 0 Å². The molecule has 3 amide bonds. The number of hydrogen-bond donors (Lipinski definition) is 5. The zero-order valence-electron chi connectivity index (χ0n) is 23.4. The summed E-state index contributed by atoms with van der Waals surface area (Å²) in [6.07, 6.45) is 2.46. The minimum absolute atomic E-state index is 0.209. The molecule has 6 rings (SSSR count). The summed E-state index contributed by atoms with van der Waals surface area (Å²) < 4.78 is 19.3. The van der Waals surface area contributed by atoms with Crippen molar-refractivity contribution in [1.82, 2.24) is 25.5 Å². The highest BCUT2D eigenvalue weighted by molar-refractivity contribution is 6.16. The van der Waals surface area contributed by atoms with E-state index in [4.69, 9.17) is 4.74 Å². The lowest BCUT2D eigenvalue weighted by molar-refractivity contribution is -0.131. The van der Waals surface area contributed by atoms with Gasteiger partial charge in [-0.05, 0) is 73.5 Å². The van der Waals surface area contributed by atoms with Crippen molar-refractivity contribution < 1.29 is 23.5 Å². The number of anilines is 2. The largest absolute Gasteiger partial charge is 0.457 e. The van der Waals surface area contributed by atoms with Crippen molar-refractivity contribution in [2.75, 3.05) is 49.9 Å². The van der Waals surface area contributed by atoms with Crippen molar-refractivity contribution in [2.45, 2.75) is 12.8 Å². The number of fused-ring (bicyclic) bond motifs is 1. The molecule has 0 unspecified atom stereocenters. The summed E-state index contributed by atoms with van der Waals surface area (Å²) >= 11 is 0. The Balaban J connectivity index is 1.05. The summed E-state index contributed by atoms with van der Waals surface area (Å²) in [5, 5.41) is 12.4. The van der Waals surface area contributed by atoms with Crippen molar-refractivity contribution in [1.29, 1.82) is 0 Å². The number of carbonyl (C=O) groups excluding carboxylic acids is 3. The number of benzene rings is 2. The number of rotatable bonds is 10. The van der Waals surface area contributed by atoms with Gasteiger partial charge in [0.1, 0.15) is 34.1 Å². The SMILES string of the molecule is O=C(NCCN1CCNCC1)c1cc2c(Oc3ccc(NC(=O)C4(C(=O)Nc5ccc(F)cc5)CC4)cc3)ccnc2[nH]1. The summed E-state index contributed by atoms with van der Waals surface area (Å²) in [7, 11) is 0. The first-order valence-corrected chi connectivity index (χ1v) is 14.2. The van der Waals surface area contributed by atoms with Crippen LogP contribution in [0.4, 0.5) is 15.8 Å². The molecule has 1 saturated heterocycles. The molecular formula is C31H32FN7O4. The van der Waals surface area contributed by atoms with E-state index in [-0.39, 0.29) is 5.91 Å². The highest BCUT2D eigenvalue weighted by atomic mass is 19.1. The van der Waals surface area contributed by atoms with Crippen molar-refractivity contribution in [3.63, 3.8) is 0 Å². The highest BCUT2D eigenvalue weighted by Gasteiger charge is 2.56. The smallest absolute Gasteiger partial charge is 0.267 e. The van der Waals surface area contributed by atoms with Gasteiger partial charge in [-0.15, -0.1) is 0 Å². The summed E-state index contributed by atoms with van der Waals surface area (Å²) in [4.78, 5) is 48.3. The lowest BCUT2D eigenvalue weighted by atomic mass is 10.0. The molecular weight excluding hydrogens is 553 g/mol. The van der Waals surface area contributed by atoms with E-state index in [2.05, 4.69) is 36.1 Å². The van der Waals surface area contributed by atoms with Crippen molar-refractivity contribution in [3.8, 4) is 11.5 Å². The number of nitrogens with one attached hydrogen (secondary N) is 5. The van der Waals surface area contributed by atoms with Gasteiger partial charge in [0.15, 0.2) is 0 Å². The molecule has 43 heavy (non-hydrogen) atoms.